The molecule has 0 aliphatic heterocycles. The van der Waals surface area contributed by atoms with Crippen LogP contribution in [0.5, 0.6) is 0 Å². The summed E-state index contributed by atoms with van der Waals surface area (Å²) in [4.78, 5) is 22.5. The molecule has 2 aromatic rings. The van der Waals surface area contributed by atoms with Gasteiger partial charge in [-0.2, -0.15) is 0 Å². The van der Waals surface area contributed by atoms with Crippen molar-refractivity contribution in [3.05, 3.63) is 71.3 Å². The molecule has 26 heavy (non-hydrogen) atoms. The van der Waals surface area contributed by atoms with Crippen LogP contribution in [0.25, 0.3) is 0 Å². The van der Waals surface area contributed by atoms with Crippen molar-refractivity contribution in [1.29, 1.82) is 0 Å². The normalized spacial score (nSPS) is 12.8. The quantitative estimate of drug-likeness (QED) is 0.526. The monoisotopic (exact) mass is 353 g/mol. The molecule has 4 nitrogen and oxygen atoms in total. The Balaban J connectivity index is 2.11. The number of carbonyl (C=O) groups is 2. The van der Waals surface area contributed by atoms with Gasteiger partial charge in [0.15, 0.2) is 0 Å². The van der Waals surface area contributed by atoms with Crippen molar-refractivity contribution in [3.63, 3.8) is 0 Å². The maximum absolute atomic E-state index is 11.3. The third-order valence-corrected chi connectivity index (χ3v) is 4.52. The molecule has 0 aromatic heterocycles. The van der Waals surface area contributed by atoms with Crippen molar-refractivity contribution < 1.29 is 14.3 Å². The van der Waals surface area contributed by atoms with Gasteiger partial charge >= 0.3 is 5.97 Å². The fourth-order valence-electron chi connectivity index (χ4n) is 3.19. The summed E-state index contributed by atoms with van der Waals surface area (Å²) in [6.45, 7) is 3.76. The molecule has 0 heterocycles. The Bertz CT molecular complexity index is 700. The van der Waals surface area contributed by atoms with E-state index in [0.717, 1.165) is 25.7 Å². The fourth-order valence-corrected chi connectivity index (χ4v) is 3.19. The van der Waals surface area contributed by atoms with Crippen LogP contribution >= 0.6 is 0 Å². The van der Waals surface area contributed by atoms with Crippen LogP contribution in [0.3, 0.4) is 0 Å². The SMILES string of the molecule is CC(=O)OCC(Cc1cccc(C)c1)C(CCc1ccccc1)NC=O. The highest BCUT2D eigenvalue weighted by atomic mass is 16.5. The molecule has 4 heteroatoms. The third-order valence-electron chi connectivity index (χ3n) is 4.52. The largest absolute Gasteiger partial charge is 0.465 e. The van der Waals surface area contributed by atoms with E-state index in [9.17, 15) is 9.59 Å². The van der Waals surface area contributed by atoms with Gasteiger partial charge in [-0.3, -0.25) is 9.59 Å². The second kappa shape index (κ2) is 10.4. The minimum absolute atomic E-state index is 0.0228. The molecule has 138 valence electrons. The molecule has 0 aliphatic carbocycles. The molecular formula is C22H27NO3. The average Bonchev–Trinajstić information content (AvgIpc) is 2.63. The molecular weight excluding hydrogens is 326 g/mol. The van der Waals surface area contributed by atoms with E-state index in [1.807, 2.05) is 24.3 Å². The second-order valence-electron chi connectivity index (χ2n) is 6.67. The van der Waals surface area contributed by atoms with Crippen LogP contribution in [0.4, 0.5) is 0 Å². The predicted octanol–water partition coefficient (Wildman–Crippen LogP) is 3.46. The molecule has 1 N–H and O–H groups in total. The number of hydrogen-bond donors (Lipinski definition) is 1. The minimum atomic E-state index is -0.299. The number of ether oxygens (including phenoxy) is 1. The number of aryl methyl sites for hydroxylation is 2. The lowest BCUT2D eigenvalue weighted by atomic mass is 9.88. The number of benzene rings is 2. The Hall–Kier alpha value is -2.62. The lowest BCUT2D eigenvalue weighted by molar-refractivity contribution is -0.142. The van der Waals surface area contributed by atoms with Crippen molar-refractivity contribution in [2.75, 3.05) is 6.61 Å². The van der Waals surface area contributed by atoms with Gasteiger partial charge in [-0.25, -0.2) is 0 Å². The van der Waals surface area contributed by atoms with Gasteiger partial charge in [0.1, 0.15) is 0 Å². The zero-order valence-corrected chi connectivity index (χ0v) is 15.5. The molecule has 0 spiro atoms. The Morgan fingerprint density at radius 3 is 2.50 bits per heavy atom. The first-order chi connectivity index (χ1) is 12.6. The molecule has 0 radical (unpaired) electrons. The first-order valence-electron chi connectivity index (χ1n) is 9.01. The lowest BCUT2D eigenvalue weighted by Gasteiger charge is -2.27. The van der Waals surface area contributed by atoms with Crippen molar-refractivity contribution >= 4 is 12.4 Å². The van der Waals surface area contributed by atoms with E-state index in [1.54, 1.807) is 0 Å². The molecule has 2 atom stereocenters. The fraction of sp³-hybridized carbons (Fsp3) is 0.364. The molecule has 0 bridgehead atoms. The van der Waals surface area contributed by atoms with Crippen LogP contribution in [0, 0.1) is 12.8 Å². The van der Waals surface area contributed by atoms with Crippen LogP contribution < -0.4 is 5.32 Å². The van der Waals surface area contributed by atoms with Crippen molar-refractivity contribution in [1.82, 2.24) is 5.32 Å². The average molecular weight is 353 g/mol. The van der Waals surface area contributed by atoms with Gasteiger partial charge in [0.2, 0.25) is 6.41 Å². The highest BCUT2D eigenvalue weighted by molar-refractivity contribution is 5.65. The Morgan fingerprint density at radius 2 is 1.85 bits per heavy atom. The lowest BCUT2D eigenvalue weighted by Crippen LogP contribution is -2.39. The zero-order valence-electron chi connectivity index (χ0n) is 15.5. The first kappa shape index (κ1) is 19.7. The third kappa shape index (κ3) is 6.71. The number of hydrogen-bond acceptors (Lipinski definition) is 3. The Morgan fingerprint density at radius 1 is 1.12 bits per heavy atom. The smallest absolute Gasteiger partial charge is 0.302 e. The summed E-state index contributed by atoms with van der Waals surface area (Å²) in [5, 5.41) is 2.94. The van der Waals surface area contributed by atoms with Crippen molar-refractivity contribution in [2.45, 2.75) is 39.2 Å². The Kier molecular flexibility index (Phi) is 7.87. The maximum Gasteiger partial charge on any atom is 0.302 e. The summed E-state index contributed by atoms with van der Waals surface area (Å²) in [6.07, 6.45) is 3.14. The molecule has 0 aliphatic rings. The summed E-state index contributed by atoms with van der Waals surface area (Å²) in [7, 11) is 0. The summed E-state index contributed by atoms with van der Waals surface area (Å²) in [5.74, 6) is -0.276. The van der Waals surface area contributed by atoms with Crippen LogP contribution in [0.15, 0.2) is 54.6 Å². The molecule has 0 saturated carbocycles. The number of amides is 1. The topological polar surface area (TPSA) is 55.4 Å². The predicted molar refractivity (Wildman–Crippen MR) is 103 cm³/mol. The van der Waals surface area contributed by atoms with E-state index < -0.39 is 0 Å². The van der Waals surface area contributed by atoms with Crippen molar-refractivity contribution in [2.24, 2.45) is 5.92 Å². The number of carbonyl (C=O) groups excluding carboxylic acids is 2. The summed E-state index contributed by atoms with van der Waals surface area (Å²) < 4.78 is 5.29. The highest BCUT2D eigenvalue weighted by Crippen LogP contribution is 2.19. The summed E-state index contributed by atoms with van der Waals surface area (Å²) in [5.41, 5.74) is 3.60. The minimum Gasteiger partial charge on any atom is -0.465 e. The number of rotatable bonds is 10. The van der Waals surface area contributed by atoms with E-state index >= 15 is 0 Å². The van der Waals surface area contributed by atoms with E-state index in [4.69, 9.17) is 4.74 Å². The molecule has 0 fully saturated rings. The van der Waals surface area contributed by atoms with Gasteiger partial charge in [-0.15, -0.1) is 0 Å². The van der Waals surface area contributed by atoms with Gasteiger partial charge in [0, 0.05) is 18.9 Å². The van der Waals surface area contributed by atoms with E-state index in [0.29, 0.717) is 6.61 Å². The highest BCUT2D eigenvalue weighted by Gasteiger charge is 2.23. The van der Waals surface area contributed by atoms with E-state index in [1.165, 1.54) is 23.6 Å². The maximum atomic E-state index is 11.3. The number of nitrogens with one attached hydrogen (secondary N) is 1. The van der Waals surface area contributed by atoms with Gasteiger partial charge in [0.05, 0.1) is 6.61 Å². The Labute approximate surface area is 155 Å². The van der Waals surface area contributed by atoms with Gasteiger partial charge in [0.25, 0.3) is 0 Å². The van der Waals surface area contributed by atoms with Gasteiger partial charge < -0.3 is 10.1 Å². The van der Waals surface area contributed by atoms with E-state index in [-0.39, 0.29) is 17.9 Å². The number of esters is 1. The molecule has 1 amide bonds. The van der Waals surface area contributed by atoms with Crippen LogP contribution in [-0.2, 0) is 27.2 Å². The standard InChI is InChI=1S/C22H27NO3/c1-17-7-6-10-20(13-17)14-21(15-26-18(2)25)22(23-16-24)12-11-19-8-4-3-5-9-19/h3-10,13,16,21-22H,11-12,14-15H2,1-2H3,(H,23,24). The summed E-state index contributed by atoms with van der Waals surface area (Å²) in [6, 6.07) is 18.4. The second-order valence-corrected chi connectivity index (χ2v) is 6.67. The molecule has 2 rings (SSSR count). The van der Waals surface area contributed by atoms with Crippen LogP contribution in [-0.4, -0.2) is 25.0 Å². The molecule has 2 unspecified atom stereocenters. The van der Waals surface area contributed by atoms with Crippen molar-refractivity contribution in [3.8, 4) is 0 Å². The summed E-state index contributed by atoms with van der Waals surface area (Å²) >= 11 is 0. The van der Waals surface area contributed by atoms with E-state index in [2.05, 4.69) is 42.6 Å². The van der Waals surface area contributed by atoms with Crippen LogP contribution in [0.1, 0.15) is 30.0 Å². The van der Waals surface area contributed by atoms with Gasteiger partial charge in [-0.05, 0) is 37.3 Å². The first-order valence-corrected chi connectivity index (χ1v) is 9.01. The van der Waals surface area contributed by atoms with Gasteiger partial charge in [-0.1, -0.05) is 60.2 Å². The van der Waals surface area contributed by atoms with Crippen LogP contribution in [0.2, 0.25) is 0 Å². The molecule has 2 aromatic carbocycles. The molecule has 0 saturated heterocycles. The zero-order chi connectivity index (χ0) is 18.8.